The smallest absolute Gasteiger partial charge is 0.158 e. The predicted octanol–water partition coefficient (Wildman–Crippen LogP) is 3.09. The molecule has 1 unspecified atom stereocenters. The number of aryl methyl sites for hydroxylation is 1. The quantitative estimate of drug-likeness (QED) is 0.700. The van der Waals surface area contributed by atoms with Crippen LogP contribution >= 0.6 is 0 Å². The molecule has 0 saturated heterocycles. The fourth-order valence-corrected chi connectivity index (χ4v) is 1.83. The van der Waals surface area contributed by atoms with Gasteiger partial charge in [-0.05, 0) is 24.5 Å². The fourth-order valence-electron chi connectivity index (χ4n) is 1.83. The van der Waals surface area contributed by atoms with Gasteiger partial charge in [0, 0.05) is 6.42 Å². The second-order valence-electron chi connectivity index (χ2n) is 3.68. The van der Waals surface area contributed by atoms with E-state index in [1.165, 1.54) is 11.1 Å². The third kappa shape index (κ3) is 1.65. The zero-order valence-electron chi connectivity index (χ0n) is 8.66. The van der Waals surface area contributed by atoms with E-state index in [0.29, 0.717) is 0 Å². The molecule has 1 atom stereocenters. The summed E-state index contributed by atoms with van der Waals surface area (Å²) in [6.07, 6.45) is 2.12. The van der Waals surface area contributed by atoms with E-state index in [1.54, 1.807) is 0 Å². The van der Waals surface area contributed by atoms with Crippen molar-refractivity contribution in [2.24, 2.45) is 5.16 Å². The van der Waals surface area contributed by atoms with Crippen LogP contribution in [0, 0.1) is 0 Å². The fraction of sp³-hybridized carbons (Fsp3) is 0.417. The second kappa shape index (κ2) is 3.82. The van der Waals surface area contributed by atoms with Gasteiger partial charge in [0.1, 0.15) is 0 Å². The summed E-state index contributed by atoms with van der Waals surface area (Å²) in [4.78, 5) is 5.38. The molecule has 0 bridgehead atoms. The molecule has 0 aromatic heterocycles. The van der Waals surface area contributed by atoms with Gasteiger partial charge in [-0.2, -0.15) is 0 Å². The highest BCUT2D eigenvalue weighted by Crippen LogP contribution is 2.29. The van der Waals surface area contributed by atoms with E-state index >= 15 is 0 Å². The molecule has 14 heavy (non-hydrogen) atoms. The standard InChI is InChI=1S/C12H15NO/c1-3-10-6-4-5-7-11(10)12-8-9(2)13-14-12/h4-7,12H,3,8H2,1-2H3. The topological polar surface area (TPSA) is 21.6 Å². The molecule has 1 heterocycles. The molecule has 0 fully saturated rings. The van der Waals surface area contributed by atoms with Gasteiger partial charge in [0.15, 0.2) is 6.10 Å². The van der Waals surface area contributed by atoms with Crippen molar-refractivity contribution in [1.29, 1.82) is 0 Å². The monoisotopic (exact) mass is 189 g/mol. The van der Waals surface area contributed by atoms with Gasteiger partial charge in [-0.1, -0.05) is 36.3 Å². The van der Waals surface area contributed by atoms with E-state index in [1.807, 2.05) is 6.92 Å². The first-order chi connectivity index (χ1) is 6.81. The summed E-state index contributed by atoms with van der Waals surface area (Å²) in [5, 5.41) is 3.99. The maximum atomic E-state index is 5.38. The molecule has 1 aromatic rings. The first-order valence-electron chi connectivity index (χ1n) is 5.08. The summed E-state index contributed by atoms with van der Waals surface area (Å²) in [6.45, 7) is 4.18. The Bertz CT molecular complexity index is 357. The van der Waals surface area contributed by atoms with Crippen LogP contribution < -0.4 is 0 Å². The lowest BCUT2D eigenvalue weighted by atomic mass is 9.98. The number of benzene rings is 1. The molecule has 0 amide bonds. The van der Waals surface area contributed by atoms with E-state index in [0.717, 1.165) is 18.6 Å². The van der Waals surface area contributed by atoms with Crippen molar-refractivity contribution >= 4 is 5.71 Å². The minimum atomic E-state index is 0.145. The van der Waals surface area contributed by atoms with Crippen LogP contribution in [0.15, 0.2) is 29.4 Å². The minimum absolute atomic E-state index is 0.145. The summed E-state index contributed by atoms with van der Waals surface area (Å²) >= 11 is 0. The lowest BCUT2D eigenvalue weighted by Gasteiger charge is -2.12. The third-order valence-corrected chi connectivity index (χ3v) is 2.60. The van der Waals surface area contributed by atoms with Crippen LogP contribution in [0.3, 0.4) is 0 Å². The number of oxime groups is 1. The Labute approximate surface area is 84.6 Å². The van der Waals surface area contributed by atoms with Gasteiger partial charge < -0.3 is 4.84 Å². The molecular weight excluding hydrogens is 174 g/mol. The van der Waals surface area contributed by atoms with Crippen LogP contribution in [0.5, 0.6) is 0 Å². The Balaban J connectivity index is 2.24. The minimum Gasteiger partial charge on any atom is -0.387 e. The van der Waals surface area contributed by atoms with Crippen LogP contribution in [-0.4, -0.2) is 5.71 Å². The lowest BCUT2D eigenvalue weighted by molar-refractivity contribution is 0.0851. The van der Waals surface area contributed by atoms with Gasteiger partial charge in [0.2, 0.25) is 0 Å². The zero-order chi connectivity index (χ0) is 9.97. The number of nitrogens with zero attached hydrogens (tertiary/aromatic N) is 1. The van der Waals surface area contributed by atoms with Crippen molar-refractivity contribution in [3.63, 3.8) is 0 Å². The van der Waals surface area contributed by atoms with Gasteiger partial charge in [0.05, 0.1) is 5.71 Å². The Morgan fingerprint density at radius 1 is 1.43 bits per heavy atom. The molecule has 2 nitrogen and oxygen atoms in total. The van der Waals surface area contributed by atoms with E-state index in [2.05, 4.69) is 36.3 Å². The molecule has 0 N–H and O–H groups in total. The first-order valence-corrected chi connectivity index (χ1v) is 5.08. The molecule has 1 aliphatic rings. The highest BCUT2D eigenvalue weighted by molar-refractivity contribution is 5.83. The zero-order valence-corrected chi connectivity index (χ0v) is 8.66. The van der Waals surface area contributed by atoms with Crippen molar-refractivity contribution in [3.8, 4) is 0 Å². The summed E-state index contributed by atoms with van der Waals surface area (Å²) in [5.41, 5.74) is 3.74. The number of hydrogen-bond acceptors (Lipinski definition) is 2. The van der Waals surface area contributed by atoms with Crippen molar-refractivity contribution in [3.05, 3.63) is 35.4 Å². The van der Waals surface area contributed by atoms with Crippen LogP contribution in [-0.2, 0) is 11.3 Å². The van der Waals surface area contributed by atoms with Crippen molar-refractivity contribution < 1.29 is 4.84 Å². The largest absolute Gasteiger partial charge is 0.387 e. The summed E-state index contributed by atoms with van der Waals surface area (Å²) in [6, 6.07) is 8.43. The first kappa shape index (κ1) is 9.25. The van der Waals surface area contributed by atoms with E-state index in [-0.39, 0.29) is 6.10 Å². The SMILES string of the molecule is CCc1ccccc1C1CC(C)=NO1. The number of rotatable bonds is 2. The summed E-state index contributed by atoms with van der Waals surface area (Å²) in [5.74, 6) is 0. The predicted molar refractivity (Wildman–Crippen MR) is 57.4 cm³/mol. The Hall–Kier alpha value is -1.31. The van der Waals surface area contributed by atoms with Gasteiger partial charge in [-0.15, -0.1) is 0 Å². The van der Waals surface area contributed by atoms with Gasteiger partial charge >= 0.3 is 0 Å². The molecule has 0 spiro atoms. The summed E-state index contributed by atoms with van der Waals surface area (Å²) < 4.78 is 0. The molecule has 0 saturated carbocycles. The van der Waals surface area contributed by atoms with Crippen LogP contribution in [0.1, 0.15) is 37.5 Å². The van der Waals surface area contributed by atoms with E-state index < -0.39 is 0 Å². The summed E-state index contributed by atoms with van der Waals surface area (Å²) in [7, 11) is 0. The van der Waals surface area contributed by atoms with Crippen LogP contribution in [0.2, 0.25) is 0 Å². The third-order valence-electron chi connectivity index (χ3n) is 2.60. The van der Waals surface area contributed by atoms with Gasteiger partial charge in [-0.25, -0.2) is 0 Å². The highest BCUT2D eigenvalue weighted by Gasteiger charge is 2.21. The molecule has 1 aromatic carbocycles. The van der Waals surface area contributed by atoms with E-state index in [4.69, 9.17) is 4.84 Å². The maximum absolute atomic E-state index is 5.38. The van der Waals surface area contributed by atoms with Crippen LogP contribution in [0.4, 0.5) is 0 Å². The number of hydrogen-bond donors (Lipinski definition) is 0. The average Bonchev–Trinajstić information content (AvgIpc) is 2.65. The molecule has 0 aliphatic carbocycles. The van der Waals surface area contributed by atoms with Crippen molar-refractivity contribution in [1.82, 2.24) is 0 Å². The highest BCUT2D eigenvalue weighted by atomic mass is 16.6. The average molecular weight is 189 g/mol. The molecule has 2 rings (SSSR count). The lowest BCUT2D eigenvalue weighted by Crippen LogP contribution is -2.01. The molecule has 2 heteroatoms. The molecule has 0 radical (unpaired) electrons. The molecule has 1 aliphatic heterocycles. The Kier molecular flexibility index (Phi) is 2.53. The van der Waals surface area contributed by atoms with Gasteiger partial charge in [0.25, 0.3) is 0 Å². The normalized spacial score (nSPS) is 20.4. The van der Waals surface area contributed by atoms with Crippen LogP contribution in [0.25, 0.3) is 0 Å². The Morgan fingerprint density at radius 3 is 2.86 bits per heavy atom. The Morgan fingerprint density at radius 2 is 2.21 bits per heavy atom. The van der Waals surface area contributed by atoms with Crippen molar-refractivity contribution in [2.75, 3.05) is 0 Å². The molecule has 74 valence electrons. The van der Waals surface area contributed by atoms with Gasteiger partial charge in [-0.3, -0.25) is 0 Å². The maximum Gasteiger partial charge on any atom is 0.158 e. The van der Waals surface area contributed by atoms with E-state index in [9.17, 15) is 0 Å². The van der Waals surface area contributed by atoms with Crippen molar-refractivity contribution in [2.45, 2.75) is 32.8 Å². The molecular formula is C12H15NO. The second-order valence-corrected chi connectivity index (χ2v) is 3.68.